The number of carbonyl (C=O) groups excluding carboxylic acids is 2. The van der Waals surface area contributed by atoms with E-state index in [4.69, 9.17) is 0 Å². The Balaban J connectivity index is 2.90. The summed E-state index contributed by atoms with van der Waals surface area (Å²) >= 11 is 5.54. The molecule has 1 aliphatic heterocycles. The third kappa shape index (κ3) is 4.57. The number of thioether (sulfide) groups is 1. The first-order chi connectivity index (χ1) is 8.77. The minimum absolute atomic E-state index is 0.137. The smallest absolute Gasteiger partial charge is 0.247 e. The molecule has 0 spiro atoms. The lowest BCUT2D eigenvalue weighted by Gasteiger charge is -2.36. The van der Waals surface area contributed by atoms with Crippen molar-refractivity contribution in [3.05, 3.63) is 0 Å². The van der Waals surface area contributed by atoms with Gasteiger partial charge in [0, 0.05) is 37.0 Å². The number of carbonyl (C=O) groups is 2. The van der Waals surface area contributed by atoms with Crippen molar-refractivity contribution in [1.29, 1.82) is 0 Å². The largest absolute Gasteiger partial charge is 0.344 e. The quantitative estimate of drug-likeness (QED) is 0.672. The molecule has 2 atom stereocenters. The fourth-order valence-corrected chi connectivity index (χ4v) is 4.89. The van der Waals surface area contributed by atoms with Crippen LogP contribution in [0.3, 0.4) is 0 Å². The SMILES string of the molecule is CC(=O)NC(CS)C(=O)N1CCSCC1S(C)(=O)=O. The van der Waals surface area contributed by atoms with Crippen molar-refractivity contribution in [2.75, 3.05) is 30.1 Å². The van der Waals surface area contributed by atoms with Crippen molar-refractivity contribution in [2.24, 2.45) is 0 Å². The Hall–Kier alpha value is -0.410. The topological polar surface area (TPSA) is 83.6 Å². The molecule has 0 aromatic carbocycles. The molecule has 0 bridgehead atoms. The lowest BCUT2D eigenvalue weighted by Crippen LogP contribution is -2.57. The molecule has 1 aliphatic rings. The maximum absolute atomic E-state index is 12.3. The molecule has 9 heteroatoms. The van der Waals surface area contributed by atoms with E-state index in [9.17, 15) is 18.0 Å². The number of rotatable bonds is 4. The van der Waals surface area contributed by atoms with Crippen LogP contribution in [-0.4, -0.2) is 66.6 Å². The molecule has 1 N–H and O–H groups in total. The molecule has 0 aromatic heterocycles. The molecule has 1 saturated heterocycles. The molecular weight excluding hydrogens is 308 g/mol. The summed E-state index contributed by atoms with van der Waals surface area (Å²) in [6, 6.07) is -0.784. The standard InChI is InChI=1S/C10H18N2O4S3/c1-7(13)11-8(5-17)10(14)12-3-4-18-6-9(12)19(2,15)16/h8-9,17H,3-6H2,1-2H3,(H,11,13). The average molecular weight is 326 g/mol. The van der Waals surface area contributed by atoms with Gasteiger partial charge in [-0.2, -0.15) is 24.4 Å². The van der Waals surface area contributed by atoms with Crippen LogP contribution in [0.25, 0.3) is 0 Å². The Morgan fingerprint density at radius 1 is 1.53 bits per heavy atom. The van der Waals surface area contributed by atoms with Gasteiger partial charge in [0.15, 0.2) is 9.84 Å². The van der Waals surface area contributed by atoms with Gasteiger partial charge < -0.3 is 10.2 Å². The Morgan fingerprint density at radius 3 is 2.63 bits per heavy atom. The van der Waals surface area contributed by atoms with Gasteiger partial charge in [-0.05, 0) is 0 Å². The third-order valence-corrected chi connectivity index (χ3v) is 5.73. The monoisotopic (exact) mass is 326 g/mol. The van der Waals surface area contributed by atoms with Crippen LogP contribution in [0.1, 0.15) is 6.92 Å². The van der Waals surface area contributed by atoms with E-state index < -0.39 is 21.3 Å². The summed E-state index contributed by atoms with van der Waals surface area (Å²) in [4.78, 5) is 24.7. The van der Waals surface area contributed by atoms with Gasteiger partial charge in [0.2, 0.25) is 11.8 Å². The molecule has 0 saturated carbocycles. The van der Waals surface area contributed by atoms with Gasteiger partial charge in [-0.1, -0.05) is 0 Å². The highest BCUT2D eigenvalue weighted by Gasteiger charge is 2.36. The number of thiol groups is 1. The van der Waals surface area contributed by atoms with E-state index in [1.807, 2.05) is 0 Å². The maximum Gasteiger partial charge on any atom is 0.247 e. The first-order valence-corrected chi connectivity index (χ1v) is 9.46. The first kappa shape index (κ1) is 16.6. The molecule has 0 aromatic rings. The summed E-state index contributed by atoms with van der Waals surface area (Å²) in [6.07, 6.45) is 1.12. The summed E-state index contributed by atoms with van der Waals surface area (Å²) in [5.74, 6) is 0.468. The fourth-order valence-electron chi connectivity index (χ4n) is 1.82. The van der Waals surface area contributed by atoms with Crippen molar-refractivity contribution in [2.45, 2.75) is 18.3 Å². The number of amides is 2. The van der Waals surface area contributed by atoms with Gasteiger partial charge >= 0.3 is 0 Å². The highest BCUT2D eigenvalue weighted by molar-refractivity contribution is 8.00. The summed E-state index contributed by atoms with van der Waals surface area (Å²) < 4.78 is 23.4. The molecule has 6 nitrogen and oxygen atoms in total. The molecule has 2 amide bonds. The molecule has 110 valence electrons. The Kier molecular flexibility index (Phi) is 6.00. The molecule has 1 fully saturated rings. The van der Waals surface area contributed by atoms with E-state index in [0.29, 0.717) is 18.1 Å². The summed E-state index contributed by atoms with van der Waals surface area (Å²) in [5.41, 5.74) is 0. The van der Waals surface area contributed by atoms with Crippen LogP contribution in [0, 0.1) is 0 Å². The van der Waals surface area contributed by atoms with E-state index in [1.165, 1.54) is 23.6 Å². The average Bonchev–Trinajstić information content (AvgIpc) is 2.34. The summed E-state index contributed by atoms with van der Waals surface area (Å²) in [7, 11) is -3.34. The van der Waals surface area contributed by atoms with E-state index in [2.05, 4.69) is 17.9 Å². The zero-order valence-corrected chi connectivity index (χ0v) is 13.4. The Labute approximate surface area is 123 Å². The zero-order chi connectivity index (χ0) is 14.6. The van der Waals surface area contributed by atoms with E-state index in [0.717, 1.165) is 6.26 Å². The van der Waals surface area contributed by atoms with Crippen molar-refractivity contribution in [3.63, 3.8) is 0 Å². The first-order valence-electron chi connectivity index (χ1n) is 5.72. The van der Waals surface area contributed by atoms with Crippen molar-refractivity contribution in [3.8, 4) is 0 Å². The predicted octanol–water partition coefficient (Wildman–Crippen LogP) is -0.633. The van der Waals surface area contributed by atoms with Crippen LogP contribution in [0.2, 0.25) is 0 Å². The second kappa shape index (κ2) is 6.85. The second-order valence-electron chi connectivity index (χ2n) is 4.33. The normalized spacial score (nSPS) is 21.8. The number of hydrogen-bond donors (Lipinski definition) is 2. The van der Waals surface area contributed by atoms with Crippen molar-refractivity contribution < 1.29 is 18.0 Å². The van der Waals surface area contributed by atoms with E-state index in [-0.39, 0.29) is 17.6 Å². The third-order valence-electron chi connectivity index (χ3n) is 2.72. The lowest BCUT2D eigenvalue weighted by molar-refractivity contribution is -0.135. The predicted molar refractivity (Wildman–Crippen MR) is 79.1 cm³/mol. The molecule has 0 radical (unpaired) electrons. The highest BCUT2D eigenvalue weighted by Crippen LogP contribution is 2.21. The van der Waals surface area contributed by atoms with E-state index in [1.54, 1.807) is 0 Å². The van der Waals surface area contributed by atoms with Crippen molar-refractivity contribution >= 4 is 46.0 Å². The zero-order valence-electron chi connectivity index (χ0n) is 10.8. The molecular formula is C10H18N2O4S3. The van der Waals surface area contributed by atoms with Gasteiger partial charge in [-0.25, -0.2) is 8.42 Å². The van der Waals surface area contributed by atoms with Gasteiger partial charge in [-0.15, -0.1) is 0 Å². The van der Waals surface area contributed by atoms with Crippen molar-refractivity contribution in [1.82, 2.24) is 10.2 Å². The molecule has 19 heavy (non-hydrogen) atoms. The number of nitrogens with zero attached hydrogens (tertiary/aromatic N) is 1. The van der Waals surface area contributed by atoms with Crippen LogP contribution in [0.15, 0.2) is 0 Å². The molecule has 1 rings (SSSR count). The van der Waals surface area contributed by atoms with Crippen LogP contribution >= 0.6 is 24.4 Å². The van der Waals surface area contributed by atoms with Crippen LogP contribution in [0.5, 0.6) is 0 Å². The fraction of sp³-hybridized carbons (Fsp3) is 0.800. The lowest BCUT2D eigenvalue weighted by atomic mass is 10.2. The van der Waals surface area contributed by atoms with Crippen LogP contribution in [0.4, 0.5) is 0 Å². The van der Waals surface area contributed by atoms with E-state index >= 15 is 0 Å². The summed E-state index contributed by atoms with van der Waals surface area (Å²) in [5, 5.41) is 1.67. The minimum atomic E-state index is -3.34. The Morgan fingerprint density at radius 2 is 2.16 bits per heavy atom. The van der Waals surface area contributed by atoms with Crippen LogP contribution in [-0.2, 0) is 19.4 Å². The number of nitrogens with one attached hydrogen (secondary N) is 1. The molecule has 0 aliphatic carbocycles. The van der Waals surface area contributed by atoms with Gasteiger partial charge in [-0.3, -0.25) is 9.59 Å². The number of sulfone groups is 1. The molecule has 2 unspecified atom stereocenters. The second-order valence-corrected chi connectivity index (χ2v) is 8.04. The minimum Gasteiger partial charge on any atom is -0.344 e. The summed E-state index contributed by atoms with van der Waals surface area (Å²) in [6.45, 7) is 1.68. The number of hydrogen-bond acceptors (Lipinski definition) is 6. The van der Waals surface area contributed by atoms with Gasteiger partial charge in [0.1, 0.15) is 11.4 Å². The Bertz CT molecular complexity index is 452. The van der Waals surface area contributed by atoms with Gasteiger partial charge in [0.05, 0.1) is 0 Å². The van der Waals surface area contributed by atoms with Gasteiger partial charge in [0.25, 0.3) is 0 Å². The highest BCUT2D eigenvalue weighted by atomic mass is 32.2. The maximum atomic E-state index is 12.3. The van der Waals surface area contributed by atoms with Crippen LogP contribution < -0.4 is 5.32 Å². The molecule has 1 heterocycles.